The van der Waals surface area contributed by atoms with Gasteiger partial charge in [-0.05, 0) is 11.8 Å². The molecule has 0 saturated carbocycles. The molecular formula is C14H28N2O3. The molecule has 5 nitrogen and oxygen atoms in total. The monoisotopic (exact) mass is 272 g/mol. The van der Waals surface area contributed by atoms with Crippen LogP contribution < -0.4 is 11.1 Å². The molecule has 19 heavy (non-hydrogen) atoms. The normalized spacial score (nSPS) is 25.3. The second-order valence-electron chi connectivity index (χ2n) is 6.70. The van der Waals surface area contributed by atoms with Gasteiger partial charge in [-0.25, -0.2) is 0 Å². The Bertz CT molecular complexity index is 294. The summed E-state index contributed by atoms with van der Waals surface area (Å²) in [5.74, 6) is -0.0138. The van der Waals surface area contributed by atoms with E-state index < -0.39 is 0 Å². The number of carbonyl (C=O) groups is 1. The van der Waals surface area contributed by atoms with E-state index in [0.29, 0.717) is 26.2 Å². The van der Waals surface area contributed by atoms with Crippen molar-refractivity contribution in [1.29, 1.82) is 0 Å². The summed E-state index contributed by atoms with van der Waals surface area (Å²) in [4.78, 5) is 11.9. The van der Waals surface area contributed by atoms with Crippen LogP contribution in [0.2, 0.25) is 0 Å². The molecule has 1 amide bonds. The van der Waals surface area contributed by atoms with E-state index in [1.54, 1.807) is 7.11 Å². The first-order chi connectivity index (χ1) is 8.76. The number of hydrogen-bond acceptors (Lipinski definition) is 4. The van der Waals surface area contributed by atoms with E-state index in [1.165, 1.54) is 0 Å². The number of nitrogens with one attached hydrogen (secondary N) is 1. The molecule has 2 atom stereocenters. The average Bonchev–Trinajstić information content (AvgIpc) is 2.73. The third-order valence-electron chi connectivity index (χ3n) is 3.43. The van der Waals surface area contributed by atoms with Crippen molar-refractivity contribution in [1.82, 2.24) is 5.32 Å². The fourth-order valence-corrected chi connectivity index (χ4v) is 2.39. The highest BCUT2D eigenvalue weighted by molar-refractivity contribution is 5.76. The standard InChI is InChI=1S/C14H28N2O3/c1-13(2,3)8-11(15)7-12(17)16-9-14(18-4)5-6-19-10-14/h11H,5-10,15H2,1-4H3,(H,16,17). The zero-order valence-electron chi connectivity index (χ0n) is 12.6. The van der Waals surface area contributed by atoms with Gasteiger partial charge in [-0.15, -0.1) is 0 Å². The molecule has 1 heterocycles. The zero-order chi connectivity index (χ0) is 14.5. The first kappa shape index (κ1) is 16.4. The summed E-state index contributed by atoms with van der Waals surface area (Å²) < 4.78 is 10.8. The minimum absolute atomic E-state index is 0.0138. The van der Waals surface area contributed by atoms with E-state index in [2.05, 4.69) is 26.1 Å². The van der Waals surface area contributed by atoms with Crippen LogP contribution in [0.15, 0.2) is 0 Å². The van der Waals surface area contributed by atoms with Crippen molar-refractivity contribution in [3.05, 3.63) is 0 Å². The van der Waals surface area contributed by atoms with Crippen molar-refractivity contribution in [3.8, 4) is 0 Å². The smallest absolute Gasteiger partial charge is 0.221 e. The fraction of sp³-hybridized carbons (Fsp3) is 0.929. The minimum Gasteiger partial charge on any atom is -0.378 e. The largest absolute Gasteiger partial charge is 0.378 e. The summed E-state index contributed by atoms with van der Waals surface area (Å²) in [6.45, 7) is 8.09. The van der Waals surface area contributed by atoms with Gasteiger partial charge in [0.1, 0.15) is 5.60 Å². The molecule has 1 rings (SSSR count). The Morgan fingerprint density at radius 1 is 1.53 bits per heavy atom. The molecule has 5 heteroatoms. The van der Waals surface area contributed by atoms with E-state index in [0.717, 1.165) is 12.8 Å². The molecule has 0 radical (unpaired) electrons. The van der Waals surface area contributed by atoms with Crippen LogP contribution in [0.25, 0.3) is 0 Å². The van der Waals surface area contributed by atoms with Gasteiger partial charge in [0, 0.05) is 39.1 Å². The fourth-order valence-electron chi connectivity index (χ4n) is 2.39. The van der Waals surface area contributed by atoms with Crippen molar-refractivity contribution in [3.63, 3.8) is 0 Å². The van der Waals surface area contributed by atoms with Gasteiger partial charge in [0.25, 0.3) is 0 Å². The minimum atomic E-state index is -0.357. The average molecular weight is 272 g/mol. The van der Waals surface area contributed by atoms with Crippen LogP contribution in [0.4, 0.5) is 0 Å². The SMILES string of the molecule is COC1(CNC(=O)CC(N)CC(C)(C)C)CCOC1. The van der Waals surface area contributed by atoms with E-state index in [-0.39, 0.29) is 23.0 Å². The third-order valence-corrected chi connectivity index (χ3v) is 3.43. The predicted octanol–water partition coefficient (Wildman–Crippen LogP) is 1.06. The number of carbonyl (C=O) groups excluding carboxylic acids is 1. The van der Waals surface area contributed by atoms with Gasteiger partial charge in [0.05, 0.1) is 6.61 Å². The Morgan fingerprint density at radius 2 is 2.21 bits per heavy atom. The van der Waals surface area contributed by atoms with Gasteiger partial charge in [0.15, 0.2) is 0 Å². The molecule has 0 aromatic rings. The third kappa shape index (κ3) is 5.89. The molecule has 0 aromatic carbocycles. The maximum Gasteiger partial charge on any atom is 0.221 e. The van der Waals surface area contributed by atoms with Crippen molar-refractivity contribution in [2.75, 3.05) is 26.9 Å². The number of methoxy groups -OCH3 is 1. The lowest BCUT2D eigenvalue weighted by Crippen LogP contribution is -2.46. The van der Waals surface area contributed by atoms with Crippen molar-refractivity contribution >= 4 is 5.91 Å². The summed E-state index contributed by atoms with van der Waals surface area (Å²) >= 11 is 0. The molecule has 1 aliphatic rings. The Kier molecular flexibility index (Phi) is 5.77. The number of amides is 1. The van der Waals surface area contributed by atoms with Crippen LogP contribution >= 0.6 is 0 Å². The van der Waals surface area contributed by atoms with E-state index in [9.17, 15) is 4.79 Å². The van der Waals surface area contributed by atoms with E-state index >= 15 is 0 Å². The first-order valence-corrected chi connectivity index (χ1v) is 6.91. The van der Waals surface area contributed by atoms with Crippen LogP contribution in [0.5, 0.6) is 0 Å². The molecule has 0 spiro atoms. The predicted molar refractivity (Wildman–Crippen MR) is 74.9 cm³/mol. The molecule has 0 aromatic heterocycles. The lowest BCUT2D eigenvalue weighted by Gasteiger charge is -2.27. The lowest BCUT2D eigenvalue weighted by atomic mass is 9.87. The van der Waals surface area contributed by atoms with E-state index in [4.69, 9.17) is 15.2 Å². The van der Waals surface area contributed by atoms with Crippen LogP contribution in [-0.2, 0) is 14.3 Å². The summed E-state index contributed by atoms with van der Waals surface area (Å²) in [5.41, 5.74) is 5.78. The van der Waals surface area contributed by atoms with Crippen LogP contribution in [0.3, 0.4) is 0 Å². The Morgan fingerprint density at radius 3 is 2.68 bits per heavy atom. The van der Waals surface area contributed by atoms with Crippen LogP contribution in [0.1, 0.15) is 40.0 Å². The van der Waals surface area contributed by atoms with E-state index in [1.807, 2.05) is 0 Å². The van der Waals surface area contributed by atoms with Crippen LogP contribution in [0, 0.1) is 5.41 Å². The number of nitrogens with two attached hydrogens (primary N) is 1. The van der Waals surface area contributed by atoms with Gasteiger partial charge in [0.2, 0.25) is 5.91 Å². The van der Waals surface area contributed by atoms with Gasteiger partial charge in [-0.3, -0.25) is 4.79 Å². The number of rotatable bonds is 6. The Balaban J connectivity index is 2.31. The maximum atomic E-state index is 11.9. The number of hydrogen-bond donors (Lipinski definition) is 2. The molecule has 112 valence electrons. The molecule has 3 N–H and O–H groups in total. The maximum absolute atomic E-state index is 11.9. The molecule has 0 bridgehead atoms. The molecule has 1 fully saturated rings. The zero-order valence-corrected chi connectivity index (χ0v) is 12.6. The summed E-state index contributed by atoms with van der Waals surface area (Å²) in [6.07, 6.45) is 2.01. The molecule has 1 aliphatic heterocycles. The van der Waals surface area contributed by atoms with Gasteiger partial charge in [-0.2, -0.15) is 0 Å². The highest BCUT2D eigenvalue weighted by Crippen LogP contribution is 2.22. The second-order valence-corrected chi connectivity index (χ2v) is 6.70. The van der Waals surface area contributed by atoms with Crippen molar-refractivity contribution in [2.45, 2.75) is 51.7 Å². The summed E-state index contributed by atoms with van der Waals surface area (Å²) in [5, 5.41) is 2.91. The van der Waals surface area contributed by atoms with Gasteiger partial charge in [-0.1, -0.05) is 20.8 Å². The molecule has 0 aliphatic carbocycles. The highest BCUT2D eigenvalue weighted by atomic mass is 16.5. The van der Waals surface area contributed by atoms with Gasteiger partial charge >= 0.3 is 0 Å². The highest BCUT2D eigenvalue weighted by Gasteiger charge is 2.35. The Hall–Kier alpha value is -0.650. The van der Waals surface area contributed by atoms with Gasteiger partial charge < -0.3 is 20.5 Å². The summed E-state index contributed by atoms with van der Waals surface area (Å²) in [6, 6.07) is -0.0988. The first-order valence-electron chi connectivity index (χ1n) is 6.91. The molecule has 1 saturated heterocycles. The quantitative estimate of drug-likeness (QED) is 0.758. The summed E-state index contributed by atoms with van der Waals surface area (Å²) in [7, 11) is 1.66. The lowest BCUT2D eigenvalue weighted by molar-refractivity contribution is -0.123. The Labute approximate surface area is 116 Å². The van der Waals surface area contributed by atoms with Crippen molar-refractivity contribution in [2.24, 2.45) is 11.1 Å². The van der Waals surface area contributed by atoms with Crippen molar-refractivity contribution < 1.29 is 14.3 Å². The molecular weight excluding hydrogens is 244 g/mol. The topological polar surface area (TPSA) is 73.6 Å². The molecule has 2 unspecified atom stereocenters. The second kappa shape index (κ2) is 6.68. The van der Waals surface area contributed by atoms with Crippen LogP contribution in [-0.4, -0.2) is 44.4 Å². The number of ether oxygens (including phenoxy) is 2.